The van der Waals surface area contributed by atoms with Gasteiger partial charge in [-0.1, -0.05) is 18.2 Å². The molecule has 10 heteroatoms. The lowest BCUT2D eigenvalue weighted by molar-refractivity contribution is 0.340. The number of ether oxygens (including phenoxy) is 2. The van der Waals surface area contributed by atoms with E-state index in [0.717, 1.165) is 0 Å². The number of rotatable bonds is 9. The van der Waals surface area contributed by atoms with E-state index in [4.69, 9.17) is 9.47 Å². The molecule has 0 bridgehead atoms. The number of anilines is 1. The van der Waals surface area contributed by atoms with Crippen LogP contribution in [-0.4, -0.2) is 56.9 Å². The number of hydrogen-bond acceptors (Lipinski definition) is 8. The van der Waals surface area contributed by atoms with Crippen LogP contribution in [0.25, 0.3) is 0 Å². The van der Waals surface area contributed by atoms with Gasteiger partial charge in [-0.2, -0.15) is 15.0 Å². The molecule has 136 valence electrons. The van der Waals surface area contributed by atoms with Gasteiger partial charge in [0.05, 0.1) is 19.4 Å². The molecule has 0 aliphatic heterocycles. The van der Waals surface area contributed by atoms with E-state index in [1.54, 1.807) is 31.1 Å². The van der Waals surface area contributed by atoms with E-state index < -0.39 is 10.0 Å². The third-order valence-electron chi connectivity index (χ3n) is 3.05. The highest BCUT2D eigenvalue weighted by Gasteiger charge is 2.14. The molecule has 1 aromatic carbocycles. The molecule has 25 heavy (non-hydrogen) atoms. The van der Waals surface area contributed by atoms with Gasteiger partial charge in [-0.3, -0.25) is 0 Å². The summed E-state index contributed by atoms with van der Waals surface area (Å²) in [6.07, 6.45) is 0. The second-order valence-corrected chi connectivity index (χ2v) is 7.16. The van der Waals surface area contributed by atoms with Crippen LogP contribution in [0.5, 0.6) is 11.8 Å². The van der Waals surface area contributed by atoms with Crippen molar-refractivity contribution in [3.05, 3.63) is 36.2 Å². The van der Waals surface area contributed by atoms with Crippen LogP contribution >= 0.6 is 0 Å². The molecular weight excluding hydrogens is 346 g/mol. The monoisotopic (exact) mass is 367 g/mol. The first kappa shape index (κ1) is 18.9. The van der Waals surface area contributed by atoms with Gasteiger partial charge in [-0.15, -0.1) is 0 Å². The van der Waals surface area contributed by atoms with Crippen molar-refractivity contribution in [1.29, 1.82) is 0 Å². The molecule has 0 fully saturated rings. The standard InChI is InChI=1S/C15H21N5O4S/c1-20(2)14-17-13(18-15(19-14)23-3)11-16-25(21,22)10-9-24-12-7-5-4-6-8-12/h4-8,16H,9-11H2,1-3H3. The molecule has 9 nitrogen and oxygen atoms in total. The number of para-hydroxylation sites is 1. The topological polar surface area (TPSA) is 107 Å². The van der Waals surface area contributed by atoms with Crippen LogP contribution in [0, 0.1) is 0 Å². The predicted octanol–water partition coefficient (Wildman–Crippen LogP) is 0.445. The maximum Gasteiger partial charge on any atom is 0.321 e. The van der Waals surface area contributed by atoms with Gasteiger partial charge in [0, 0.05) is 14.1 Å². The molecule has 0 amide bonds. The molecule has 0 radical (unpaired) electrons. The predicted molar refractivity (Wildman–Crippen MR) is 93.3 cm³/mol. The average Bonchev–Trinajstić information content (AvgIpc) is 2.60. The first-order valence-corrected chi connectivity index (χ1v) is 9.16. The maximum absolute atomic E-state index is 12.1. The van der Waals surface area contributed by atoms with Crippen LogP contribution < -0.4 is 19.1 Å². The molecule has 1 N–H and O–H groups in total. The van der Waals surface area contributed by atoms with E-state index in [9.17, 15) is 8.42 Å². The van der Waals surface area contributed by atoms with Crippen molar-refractivity contribution >= 4 is 16.0 Å². The molecule has 0 saturated carbocycles. The molecule has 0 saturated heterocycles. The third kappa shape index (κ3) is 6.16. The summed E-state index contributed by atoms with van der Waals surface area (Å²) in [7, 11) is 1.44. The van der Waals surface area contributed by atoms with Crippen LogP contribution in [0.1, 0.15) is 5.82 Å². The molecule has 1 aromatic heterocycles. The molecule has 0 aliphatic rings. The highest BCUT2D eigenvalue weighted by atomic mass is 32.2. The van der Waals surface area contributed by atoms with Crippen molar-refractivity contribution in [2.75, 3.05) is 38.5 Å². The fourth-order valence-corrected chi connectivity index (χ4v) is 2.59. The van der Waals surface area contributed by atoms with Crippen LogP contribution in [0.15, 0.2) is 30.3 Å². The molecular formula is C15H21N5O4S. The van der Waals surface area contributed by atoms with E-state index in [1.807, 2.05) is 18.2 Å². The lowest BCUT2D eigenvalue weighted by atomic mass is 10.3. The second-order valence-electron chi connectivity index (χ2n) is 5.23. The number of sulfonamides is 1. The summed E-state index contributed by atoms with van der Waals surface area (Å²) in [5, 5.41) is 0. The zero-order valence-electron chi connectivity index (χ0n) is 14.3. The fraction of sp³-hybridized carbons (Fsp3) is 0.400. The second kappa shape index (κ2) is 8.58. The van der Waals surface area contributed by atoms with E-state index in [-0.39, 0.29) is 30.7 Å². The van der Waals surface area contributed by atoms with E-state index in [1.165, 1.54) is 7.11 Å². The van der Waals surface area contributed by atoms with Gasteiger partial charge in [0.15, 0.2) is 5.82 Å². The number of nitrogens with one attached hydrogen (secondary N) is 1. The van der Waals surface area contributed by atoms with Crippen LogP contribution in [-0.2, 0) is 16.6 Å². The minimum absolute atomic E-state index is 0.0445. The summed E-state index contributed by atoms with van der Waals surface area (Å²) in [6, 6.07) is 9.15. The van der Waals surface area contributed by atoms with Gasteiger partial charge < -0.3 is 14.4 Å². The van der Waals surface area contributed by atoms with Gasteiger partial charge in [-0.05, 0) is 12.1 Å². The van der Waals surface area contributed by atoms with Crippen molar-refractivity contribution in [2.24, 2.45) is 0 Å². The molecule has 2 aromatic rings. The number of benzene rings is 1. The fourth-order valence-electron chi connectivity index (χ4n) is 1.79. The average molecular weight is 367 g/mol. The summed E-state index contributed by atoms with van der Waals surface area (Å²) in [5.74, 6) is 1.09. The Morgan fingerprint density at radius 3 is 2.48 bits per heavy atom. The van der Waals surface area contributed by atoms with Crippen molar-refractivity contribution in [1.82, 2.24) is 19.7 Å². The Bertz CT molecular complexity index is 784. The van der Waals surface area contributed by atoms with Crippen LogP contribution in [0.3, 0.4) is 0 Å². The highest BCUT2D eigenvalue weighted by Crippen LogP contribution is 2.10. The summed E-state index contributed by atoms with van der Waals surface area (Å²) >= 11 is 0. The summed E-state index contributed by atoms with van der Waals surface area (Å²) in [6.45, 7) is -0.0177. The van der Waals surface area contributed by atoms with Gasteiger partial charge >= 0.3 is 6.01 Å². The van der Waals surface area contributed by atoms with Gasteiger partial charge in [0.1, 0.15) is 12.4 Å². The molecule has 0 unspecified atom stereocenters. The Morgan fingerprint density at radius 1 is 1.12 bits per heavy atom. The molecule has 0 atom stereocenters. The lowest BCUT2D eigenvalue weighted by Crippen LogP contribution is -2.29. The van der Waals surface area contributed by atoms with Crippen molar-refractivity contribution < 1.29 is 17.9 Å². The summed E-state index contributed by atoms with van der Waals surface area (Å²) < 4.78 is 37.0. The molecule has 0 aliphatic carbocycles. The smallest absolute Gasteiger partial charge is 0.321 e. The Labute approximate surface area is 147 Å². The SMILES string of the molecule is COc1nc(CNS(=O)(=O)CCOc2ccccc2)nc(N(C)C)n1. The van der Waals surface area contributed by atoms with E-state index in [0.29, 0.717) is 11.7 Å². The molecule has 1 heterocycles. The zero-order chi connectivity index (χ0) is 18.3. The van der Waals surface area contributed by atoms with Crippen molar-refractivity contribution in [2.45, 2.75) is 6.54 Å². The van der Waals surface area contributed by atoms with Gasteiger partial charge in [-0.25, -0.2) is 13.1 Å². The minimum Gasteiger partial charge on any atom is -0.492 e. The van der Waals surface area contributed by atoms with Crippen molar-refractivity contribution in [3.63, 3.8) is 0 Å². The summed E-state index contributed by atoms with van der Waals surface area (Å²) in [4.78, 5) is 14.0. The van der Waals surface area contributed by atoms with Crippen LogP contribution in [0.2, 0.25) is 0 Å². The number of hydrogen-bond donors (Lipinski definition) is 1. The lowest BCUT2D eigenvalue weighted by Gasteiger charge is -2.12. The molecule has 2 rings (SSSR count). The Morgan fingerprint density at radius 2 is 1.84 bits per heavy atom. The Hall–Kier alpha value is -2.46. The van der Waals surface area contributed by atoms with Gasteiger partial charge in [0.2, 0.25) is 16.0 Å². The minimum atomic E-state index is -3.53. The maximum atomic E-state index is 12.1. The Kier molecular flexibility index (Phi) is 6.48. The summed E-state index contributed by atoms with van der Waals surface area (Å²) in [5.41, 5.74) is 0. The van der Waals surface area contributed by atoms with Crippen molar-refractivity contribution in [3.8, 4) is 11.8 Å². The zero-order valence-corrected chi connectivity index (χ0v) is 15.2. The highest BCUT2D eigenvalue weighted by molar-refractivity contribution is 7.89. The van der Waals surface area contributed by atoms with E-state index in [2.05, 4.69) is 19.7 Å². The normalized spacial score (nSPS) is 11.2. The number of nitrogens with zero attached hydrogens (tertiary/aromatic N) is 4. The molecule has 0 spiro atoms. The number of aromatic nitrogens is 3. The van der Waals surface area contributed by atoms with Crippen LogP contribution in [0.4, 0.5) is 5.95 Å². The largest absolute Gasteiger partial charge is 0.492 e. The first-order valence-electron chi connectivity index (χ1n) is 7.51. The first-order chi connectivity index (χ1) is 11.9. The third-order valence-corrected chi connectivity index (χ3v) is 4.33. The van der Waals surface area contributed by atoms with Gasteiger partial charge in [0.25, 0.3) is 0 Å². The van der Waals surface area contributed by atoms with E-state index >= 15 is 0 Å². The quantitative estimate of drug-likeness (QED) is 0.681. The number of methoxy groups -OCH3 is 1. The Balaban J connectivity index is 1.91.